The Labute approximate surface area is 145 Å². The number of aryl methyl sites for hydroxylation is 1. The smallest absolute Gasteiger partial charge is 0.191 e. The Morgan fingerprint density at radius 2 is 1.67 bits per heavy atom. The van der Waals surface area contributed by atoms with Gasteiger partial charge in [-0.3, -0.25) is 4.99 Å². The van der Waals surface area contributed by atoms with Crippen LogP contribution in [0.5, 0.6) is 0 Å². The minimum absolute atomic E-state index is 0.759. The van der Waals surface area contributed by atoms with E-state index in [-0.39, 0.29) is 0 Å². The van der Waals surface area contributed by atoms with E-state index in [0.29, 0.717) is 0 Å². The predicted molar refractivity (Wildman–Crippen MR) is 102 cm³/mol. The highest BCUT2D eigenvalue weighted by molar-refractivity contribution is 5.79. The molecule has 0 fully saturated rings. The van der Waals surface area contributed by atoms with Crippen LogP contribution < -0.4 is 10.6 Å². The van der Waals surface area contributed by atoms with E-state index in [1.807, 2.05) is 0 Å². The van der Waals surface area contributed by atoms with Gasteiger partial charge in [-0.05, 0) is 43.3 Å². The van der Waals surface area contributed by atoms with Gasteiger partial charge in [-0.25, -0.2) is 0 Å². The summed E-state index contributed by atoms with van der Waals surface area (Å²) in [4.78, 5) is 6.48. The van der Waals surface area contributed by atoms with Crippen LogP contribution in [0, 0.1) is 6.92 Å². The van der Waals surface area contributed by atoms with Crippen LogP contribution in [0.15, 0.2) is 53.5 Å². The van der Waals surface area contributed by atoms with E-state index in [1.54, 1.807) is 7.05 Å². The Kier molecular flexibility index (Phi) is 6.82. The average Bonchev–Trinajstić information content (AvgIpc) is 2.56. The summed E-state index contributed by atoms with van der Waals surface area (Å²) in [5.74, 6) is 0.816. The van der Waals surface area contributed by atoms with Crippen molar-refractivity contribution in [3.05, 3.63) is 70.8 Å². The van der Waals surface area contributed by atoms with Crippen LogP contribution in [0.1, 0.15) is 22.3 Å². The lowest BCUT2D eigenvalue weighted by Gasteiger charge is -2.14. The zero-order valence-corrected chi connectivity index (χ0v) is 15.1. The normalized spacial score (nSPS) is 11.6. The number of benzene rings is 2. The lowest BCUT2D eigenvalue weighted by atomic mass is 10.1. The molecule has 0 unspecified atom stereocenters. The monoisotopic (exact) mass is 324 g/mol. The number of hydrogen-bond acceptors (Lipinski definition) is 2. The molecule has 2 N–H and O–H groups in total. The lowest BCUT2D eigenvalue weighted by Crippen LogP contribution is -2.36. The zero-order valence-electron chi connectivity index (χ0n) is 15.1. The first-order chi connectivity index (χ1) is 11.6. The standard InChI is InChI=1S/C20H28N4/c1-16-8-5-6-11-19(16)14-23-20(21-2)22-13-17-9-7-10-18(12-17)15-24(3)4/h5-12H,13-15H2,1-4H3,(H2,21,22,23). The van der Waals surface area contributed by atoms with Crippen molar-refractivity contribution in [1.82, 2.24) is 15.5 Å². The van der Waals surface area contributed by atoms with Crippen molar-refractivity contribution in [1.29, 1.82) is 0 Å². The molecule has 0 aliphatic heterocycles. The van der Waals surface area contributed by atoms with Crippen molar-refractivity contribution in [2.75, 3.05) is 21.1 Å². The van der Waals surface area contributed by atoms with E-state index in [4.69, 9.17) is 0 Å². The van der Waals surface area contributed by atoms with E-state index in [0.717, 1.165) is 25.6 Å². The van der Waals surface area contributed by atoms with Crippen LogP contribution in [0.2, 0.25) is 0 Å². The number of rotatable bonds is 6. The number of nitrogens with one attached hydrogen (secondary N) is 2. The van der Waals surface area contributed by atoms with Gasteiger partial charge in [0.05, 0.1) is 0 Å². The molecule has 2 rings (SSSR count). The first kappa shape index (κ1) is 18.0. The summed E-state index contributed by atoms with van der Waals surface area (Å²) in [7, 11) is 5.97. The summed E-state index contributed by atoms with van der Waals surface area (Å²) >= 11 is 0. The average molecular weight is 324 g/mol. The molecule has 0 aliphatic carbocycles. The molecule has 0 saturated carbocycles. The SMILES string of the molecule is CN=C(NCc1cccc(CN(C)C)c1)NCc1ccccc1C. The van der Waals surface area contributed by atoms with Gasteiger partial charge >= 0.3 is 0 Å². The lowest BCUT2D eigenvalue weighted by molar-refractivity contribution is 0.402. The summed E-state index contributed by atoms with van der Waals surface area (Å²) in [5.41, 5.74) is 5.15. The number of guanidine groups is 1. The molecule has 4 heteroatoms. The largest absolute Gasteiger partial charge is 0.352 e. The third-order valence-corrected chi connectivity index (χ3v) is 3.88. The van der Waals surface area contributed by atoms with Crippen LogP contribution in [0.25, 0.3) is 0 Å². The third-order valence-electron chi connectivity index (χ3n) is 3.88. The second kappa shape index (κ2) is 9.08. The molecule has 0 saturated heterocycles. The predicted octanol–water partition coefficient (Wildman–Crippen LogP) is 2.92. The van der Waals surface area contributed by atoms with Crippen LogP contribution in [0.3, 0.4) is 0 Å². The summed E-state index contributed by atoms with van der Waals surface area (Å²) in [6.45, 7) is 4.61. The molecule has 128 valence electrons. The summed E-state index contributed by atoms with van der Waals surface area (Å²) in [6.07, 6.45) is 0. The summed E-state index contributed by atoms with van der Waals surface area (Å²) < 4.78 is 0. The highest BCUT2D eigenvalue weighted by atomic mass is 15.2. The van der Waals surface area contributed by atoms with Crippen LogP contribution in [-0.4, -0.2) is 32.0 Å². The summed E-state index contributed by atoms with van der Waals surface area (Å²) in [5, 5.41) is 6.76. The molecule has 0 spiro atoms. The van der Waals surface area contributed by atoms with Crippen molar-refractivity contribution < 1.29 is 0 Å². The van der Waals surface area contributed by atoms with Gasteiger partial charge in [0.15, 0.2) is 5.96 Å². The maximum Gasteiger partial charge on any atom is 0.191 e. The fourth-order valence-corrected chi connectivity index (χ4v) is 2.60. The number of nitrogens with zero attached hydrogens (tertiary/aromatic N) is 2. The van der Waals surface area contributed by atoms with Crippen molar-refractivity contribution in [3.8, 4) is 0 Å². The second-order valence-electron chi connectivity index (χ2n) is 6.26. The van der Waals surface area contributed by atoms with Gasteiger partial charge in [0.1, 0.15) is 0 Å². The molecule has 0 atom stereocenters. The van der Waals surface area contributed by atoms with E-state index >= 15 is 0 Å². The van der Waals surface area contributed by atoms with Gasteiger partial charge in [0.25, 0.3) is 0 Å². The Morgan fingerprint density at radius 3 is 2.38 bits per heavy atom. The molecule has 0 bridgehead atoms. The van der Waals surface area contributed by atoms with Gasteiger partial charge in [0, 0.05) is 26.7 Å². The fourth-order valence-electron chi connectivity index (χ4n) is 2.60. The Balaban J connectivity index is 1.89. The minimum atomic E-state index is 0.759. The molecule has 0 aromatic heterocycles. The third kappa shape index (κ3) is 5.70. The molecule has 2 aromatic carbocycles. The van der Waals surface area contributed by atoms with Gasteiger partial charge in [-0.15, -0.1) is 0 Å². The van der Waals surface area contributed by atoms with Gasteiger partial charge in [-0.1, -0.05) is 48.5 Å². The highest BCUT2D eigenvalue weighted by Gasteiger charge is 2.02. The maximum absolute atomic E-state index is 4.30. The quantitative estimate of drug-likeness (QED) is 0.634. The first-order valence-electron chi connectivity index (χ1n) is 8.30. The minimum Gasteiger partial charge on any atom is -0.352 e. The number of hydrogen-bond donors (Lipinski definition) is 2. The van der Waals surface area contributed by atoms with Crippen molar-refractivity contribution in [2.45, 2.75) is 26.6 Å². The second-order valence-corrected chi connectivity index (χ2v) is 6.26. The highest BCUT2D eigenvalue weighted by Crippen LogP contribution is 2.08. The van der Waals surface area contributed by atoms with Crippen LogP contribution >= 0.6 is 0 Å². The zero-order chi connectivity index (χ0) is 17.4. The van der Waals surface area contributed by atoms with E-state index in [9.17, 15) is 0 Å². The maximum atomic E-state index is 4.30. The molecular weight excluding hydrogens is 296 g/mol. The Hall–Kier alpha value is -2.33. The molecule has 0 heterocycles. The molecular formula is C20H28N4. The molecule has 0 aliphatic rings. The molecule has 4 nitrogen and oxygen atoms in total. The van der Waals surface area contributed by atoms with Gasteiger partial charge in [-0.2, -0.15) is 0 Å². The van der Waals surface area contributed by atoms with Gasteiger partial charge < -0.3 is 15.5 Å². The van der Waals surface area contributed by atoms with Crippen molar-refractivity contribution in [2.24, 2.45) is 4.99 Å². The first-order valence-corrected chi connectivity index (χ1v) is 8.30. The van der Waals surface area contributed by atoms with Crippen LogP contribution in [0.4, 0.5) is 0 Å². The fraction of sp³-hybridized carbons (Fsp3) is 0.350. The molecule has 24 heavy (non-hydrogen) atoms. The molecule has 0 radical (unpaired) electrons. The van der Waals surface area contributed by atoms with Crippen LogP contribution in [-0.2, 0) is 19.6 Å². The Morgan fingerprint density at radius 1 is 0.958 bits per heavy atom. The van der Waals surface area contributed by atoms with Crippen molar-refractivity contribution in [3.63, 3.8) is 0 Å². The molecule has 0 amide bonds. The van der Waals surface area contributed by atoms with E-state index in [2.05, 4.69) is 90.1 Å². The van der Waals surface area contributed by atoms with Crippen molar-refractivity contribution >= 4 is 5.96 Å². The molecule has 2 aromatic rings. The van der Waals surface area contributed by atoms with Gasteiger partial charge in [0.2, 0.25) is 0 Å². The Bertz CT molecular complexity index is 677. The van der Waals surface area contributed by atoms with E-state index in [1.165, 1.54) is 22.3 Å². The topological polar surface area (TPSA) is 39.7 Å². The van der Waals surface area contributed by atoms with E-state index < -0.39 is 0 Å². The number of aliphatic imine (C=N–C) groups is 1. The summed E-state index contributed by atoms with van der Waals surface area (Å²) in [6, 6.07) is 17.0.